The molecule has 9 heteroatoms. The number of ether oxygens (including phenoxy) is 1. The van der Waals surface area contributed by atoms with E-state index >= 15 is 0 Å². The molecule has 1 heterocycles. The van der Waals surface area contributed by atoms with E-state index in [1.165, 1.54) is 23.1 Å². The molecule has 0 spiro atoms. The first-order valence-corrected chi connectivity index (χ1v) is 6.73. The molecule has 1 saturated heterocycles. The van der Waals surface area contributed by atoms with Gasteiger partial charge >= 0.3 is 18.8 Å². The van der Waals surface area contributed by atoms with Crippen LogP contribution in [0.5, 0.6) is 5.75 Å². The molecule has 1 N–H and O–H groups in total. The van der Waals surface area contributed by atoms with Gasteiger partial charge in [-0.05, 0) is 6.07 Å². The number of aliphatic carboxylic acids is 1. The number of likely N-dealkylation sites (tertiary alicyclic amines) is 1. The molecule has 2 rings (SSSR count). The molecule has 1 aromatic carbocycles. The summed E-state index contributed by atoms with van der Waals surface area (Å²) in [6.07, 6.45) is -4.63. The molecule has 0 radical (unpaired) electrons. The van der Waals surface area contributed by atoms with Crippen LogP contribution in [0.25, 0.3) is 0 Å². The van der Waals surface area contributed by atoms with Crippen molar-refractivity contribution in [2.24, 2.45) is 11.8 Å². The minimum absolute atomic E-state index is 0.0980. The number of carboxylic acid groups (broad SMARTS) is 1. The Morgan fingerprint density at radius 3 is 2.48 bits per heavy atom. The third kappa shape index (κ3) is 4.31. The van der Waals surface area contributed by atoms with E-state index in [2.05, 4.69) is 4.74 Å². The molecule has 0 unspecified atom stereocenters. The van der Waals surface area contributed by atoms with Crippen LogP contribution < -0.4 is 4.74 Å². The Morgan fingerprint density at radius 2 is 1.96 bits per heavy atom. The van der Waals surface area contributed by atoms with Crippen LogP contribution in [0.3, 0.4) is 0 Å². The van der Waals surface area contributed by atoms with Crippen molar-refractivity contribution in [2.75, 3.05) is 13.1 Å². The summed E-state index contributed by atoms with van der Waals surface area (Å²) >= 11 is 0. The summed E-state index contributed by atoms with van der Waals surface area (Å²) in [4.78, 5) is 12.3. The van der Waals surface area contributed by atoms with Crippen molar-refractivity contribution in [2.45, 2.75) is 19.3 Å². The van der Waals surface area contributed by atoms with Crippen LogP contribution in [-0.2, 0) is 11.3 Å². The van der Waals surface area contributed by atoms with Crippen LogP contribution >= 0.6 is 0 Å². The summed E-state index contributed by atoms with van der Waals surface area (Å²) < 4.78 is 67.8. The SMILES string of the molecule is O=C(O)[C@@H]1CN(Cc2ccccc2OC(F)F)C[C@H]1C(F)(F)F. The highest BCUT2D eigenvalue weighted by Crippen LogP contribution is 2.38. The second-order valence-corrected chi connectivity index (χ2v) is 5.27. The van der Waals surface area contributed by atoms with Crippen LogP contribution in [0.4, 0.5) is 22.0 Å². The van der Waals surface area contributed by atoms with Gasteiger partial charge in [-0.3, -0.25) is 9.69 Å². The molecule has 1 fully saturated rings. The first-order chi connectivity index (χ1) is 10.7. The Labute approximate surface area is 128 Å². The van der Waals surface area contributed by atoms with Crippen molar-refractivity contribution in [3.05, 3.63) is 29.8 Å². The third-order valence-electron chi connectivity index (χ3n) is 3.72. The zero-order valence-electron chi connectivity index (χ0n) is 11.8. The van der Waals surface area contributed by atoms with Gasteiger partial charge in [0.25, 0.3) is 0 Å². The average molecular weight is 339 g/mol. The Balaban J connectivity index is 2.14. The van der Waals surface area contributed by atoms with Gasteiger partial charge in [-0.1, -0.05) is 18.2 Å². The molecule has 128 valence electrons. The fourth-order valence-corrected chi connectivity index (χ4v) is 2.68. The van der Waals surface area contributed by atoms with Crippen molar-refractivity contribution in [1.82, 2.24) is 4.90 Å². The predicted molar refractivity (Wildman–Crippen MR) is 69.0 cm³/mol. The molecule has 0 aliphatic carbocycles. The van der Waals surface area contributed by atoms with Gasteiger partial charge in [-0.2, -0.15) is 22.0 Å². The molecule has 23 heavy (non-hydrogen) atoms. The zero-order chi connectivity index (χ0) is 17.2. The van der Waals surface area contributed by atoms with E-state index < -0.39 is 37.1 Å². The minimum Gasteiger partial charge on any atom is -0.481 e. The molecule has 0 aromatic heterocycles. The second-order valence-electron chi connectivity index (χ2n) is 5.27. The number of halogens is 5. The number of hydrogen-bond acceptors (Lipinski definition) is 3. The Hall–Kier alpha value is -1.90. The average Bonchev–Trinajstić information content (AvgIpc) is 2.84. The van der Waals surface area contributed by atoms with Crippen LogP contribution in [0.1, 0.15) is 5.56 Å². The van der Waals surface area contributed by atoms with Crippen molar-refractivity contribution in [3.8, 4) is 5.75 Å². The molecule has 0 amide bonds. The molecule has 0 saturated carbocycles. The topological polar surface area (TPSA) is 49.8 Å². The number of benzene rings is 1. The highest BCUT2D eigenvalue weighted by Gasteiger charge is 2.52. The lowest BCUT2D eigenvalue weighted by Gasteiger charge is -2.19. The fraction of sp³-hybridized carbons (Fsp3) is 0.500. The monoisotopic (exact) mass is 339 g/mol. The van der Waals surface area contributed by atoms with Crippen molar-refractivity contribution in [1.29, 1.82) is 0 Å². The highest BCUT2D eigenvalue weighted by atomic mass is 19.4. The van der Waals surface area contributed by atoms with E-state index in [9.17, 15) is 26.7 Å². The highest BCUT2D eigenvalue weighted by molar-refractivity contribution is 5.71. The van der Waals surface area contributed by atoms with Gasteiger partial charge in [0.15, 0.2) is 0 Å². The smallest absolute Gasteiger partial charge is 0.393 e. The fourth-order valence-electron chi connectivity index (χ4n) is 2.68. The molecule has 2 atom stereocenters. The van der Waals surface area contributed by atoms with Gasteiger partial charge < -0.3 is 9.84 Å². The summed E-state index contributed by atoms with van der Waals surface area (Å²) in [5.41, 5.74) is 0.278. The lowest BCUT2D eigenvalue weighted by molar-refractivity contribution is -0.188. The van der Waals surface area contributed by atoms with Crippen LogP contribution in [0.2, 0.25) is 0 Å². The summed E-state index contributed by atoms with van der Waals surface area (Å²) in [6.45, 7) is -3.95. The summed E-state index contributed by atoms with van der Waals surface area (Å²) in [6, 6.07) is 5.74. The lowest BCUT2D eigenvalue weighted by Crippen LogP contribution is -2.33. The van der Waals surface area contributed by atoms with Gasteiger partial charge in [0.1, 0.15) is 5.75 Å². The number of para-hydroxylation sites is 1. The molecule has 0 bridgehead atoms. The number of carbonyl (C=O) groups is 1. The van der Waals surface area contributed by atoms with Crippen molar-refractivity contribution >= 4 is 5.97 Å². The third-order valence-corrected chi connectivity index (χ3v) is 3.72. The van der Waals surface area contributed by atoms with Gasteiger partial charge in [0.2, 0.25) is 0 Å². The van der Waals surface area contributed by atoms with E-state index in [0.29, 0.717) is 0 Å². The van der Waals surface area contributed by atoms with Crippen molar-refractivity contribution in [3.63, 3.8) is 0 Å². The maximum Gasteiger partial charge on any atom is 0.393 e. The minimum atomic E-state index is -4.63. The standard InChI is InChI=1S/C14H14F5NO3/c15-13(16)23-11-4-2-1-3-8(11)5-20-6-9(12(21)22)10(7-20)14(17,18)19/h1-4,9-10,13H,5-7H2,(H,21,22)/t9-,10-/m1/s1. The molecule has 1 aromatic rings. The lowest BCUT2D eigenvalue weighted by atomic mass is 9.96. The Morgan fingerprint density at radius 1 is 1.30 bits per heavy atom. The van der Waals surface area contributed by atoms with Gasteiger partial charge in [-0.15, -0.1) is 0 Å². The van der Waals surface area contributed by atoms with Crippen LogP contribution in [0, 0.1) is 11.8 Å². The molecule has 1 aliphatic rings. The van der Waals surface area contributed by atoms with E-state index in [1.807, 2.05) is 0 Å². The first-order valence-electron chi connectivity index (χ1n) is 6.73. The van der Waals surface area contributed by atoms with Crippen molar-refractivity contribution < 1.29 is 36.6 Å². The molecular formula is C14H14F5NO3. The predicted octanol–water partition coefficient (Wildman–Crippen LogP) is 2.98. The number of carboxylic acids is 1. The van der Waals surface area contributed by atoms with E-state index in [-0.39, 0.29) is 24.4 Å². The maximum absolute atomic E-state index is 12.9. The number of alkyl halides is 5. The number of rotatable bonds is 5. The molecule has 4 nitrogen and oxygen atoms in total. The summed E-state index contributed by atoms with van der Waals surface area (Å²) in [5, 5.41) is 8.95. The quantitative estimate of drug-likeness (QED) is 0.838. The van der Waals surface area contributed by atoms with E-state index in [0.717, 1.165) is 0 Å². The maximum atomic E-state index is 12.9. The Kier molecular flexibility index (Phi) is 5.08. The number of nitrogens with zero attached hydrogens (tertiary/aromatic N) is 1. The van der Waals surface area contributed by atoms with Gasteiger partial charge in [-0.25, -0.2) is 0 Å². The van der Waals surface area contributed by atoms with Gasteiger partial charge in [0, 0.05) is 25.2 Å². The van der Waals surface area contributed by atoms with E-state index in [4.69, 9.17) is 5.11 Å². The summed E-state index contributed by atoms with van der Waals surface area (Å²) in [7, 11) is 0. The molecule has 1 aliphatic heterocycles. The molecular weight excluding hydrogens is 325 g/mol. The second kappa shape index (κ2) is 6.69. The van der Waals surface area contributed by atoms with Gasteiger partial charge in [0.05, 0.1) is 11.8 Å². The zero-order valence-corrected chi connectivity index (χ0v) is 11.8. The number of hydrogen-bond donors (Lipinski definition) is 1. The van der Waals surface area contributed by atoms with Crippen LogP contribution in [-0.4, -0.2) is 41.9 Å². The van der Waals surface area contributed by atoms with E-state index in [1.54, 1.807) is 6.07 Å². The first kappa shape index (κ1) is 17.5. The largest absolute Gasteiger partial charge is 0.481 e. The Bertz CT molecular complexity index is 564. The van der Waals surface area contributed by atoms with Crippen LogP contribution in [0.15, 0.2) is 24.3 Å². The summed E-state index contributed by atoms with van der Waals surface area (Å²) in [5.74, 6) is -5.21. The normalized spacial score (nSPS) is 22.5.